The maximum absolute atomic E-state index is 12.1. The van der Waals surface area contributed by atoms with Crippen molar-refractivity contribution in [1.29, 1.82) is 0 Å². The molecule has 0 aliphatic heterocycles. The first-order valence-corrected chi connectivity index (χ1v) is 9.57. The summed E-state index contributed by atoms with van der Waals surface area (Å²) < 4.78 is 37.8. The van der Waals surface area contributed by atoms with E-state index in [0.717, 1.165) is 0 Å². The Morgan fingerprint density at radius 2 is 2.15 bits per heavy atom. The lowest BCUT2D eigenvalue weighted by Crippen LogP contribution is -2.36. The Morgan fingerprint density at radius 1 is 1.50 bits per heavy atom. The number of rotatable bonds is 7. The van der Waals surface area contributed by atoms with E-state index >= 15 is 0 Å². The molecule has 0 aliphatic carbocycles. The van der Waals surface area contributed by atoms with E-state index in [2.05, 4.69) is 15.0 Å². The van der Waals surface area contributed by atoms with E-state index < -0.39 is 26.9 Å². The second kappa shape index (κ2) is 7.35. The predicted molar refractivity (Wildman–Crippen MR) is 82.1 cm³/mol. The molecule has 0 saturated heterocycles. The molecule has 2 N–H and O–H groups in total. The number of aromatic nitrogens is 1. The maximum atomic E-state index is 12.1. The monoisotopic (exact) mass is 339 g/mol. The Morgan fingerprint density at radius 3 is 2.65 bits per heavy atom. The molecule has 0 spiro atoms. The van der Waals surface area contributed by atoms with Gasteiger partial charge in [0.1, 0.15) is 10.7 Å². The van der Waals surface area contributed by atoms with Crippen LogP contribution in [0.5, 0.6) is 0 Å². The number of hydrogen-bond donors (Lipinski definition) is 2. The number of anilines is 1. The highest BCUT2D eigenvalue weighted by atomic mass is 35.5. The summed E-state index contributed by atoms with van der Waals surface area (Å²) in [6, 6.07) is 0.905. The lowest BCUT2D eigenvalue weighted by Gasteiger charge is -2.13. The molecule has 2 unspecified atom stereocenters. The minimum Gasteiger partial charge on any atom is -0.369 e. The molecule has 20 heavy (non-hydrogen) atoms. The van der Waals surface area contributed by atoms with Gasteiger partial charge in [0.25, 0.3) is 0 Å². The van der Waals surface area contributed by atoms with E-state index in [0.29, 0.717) is 12.4 Å². The second-order valence-electron chi connectivity index (χ2n) is 4.29. The Balaban J connectivity index is 2.93. The lowest BCUT2D eigenvalue weighted by molar-refractivity contribution is 0.569. The highest BCUT2D eigenvalue weighted by Gasteiger charge is 2.19. The fraction of sp³-hybridized carbons (Fsp3) is 0.545. The van der Waals surface area contributed by atoms with Crippen LogP contribution < -0.4 is 10.0 Å². The van der Waals surface area contributed by atoms with Crippen LogP contribution in [0.3, 0.4) is 0 Å². The normalized spacial score (nSPS) is 14.8. The fourth-order valence-corrected chi connectivity index (χ4v) is 3.99. The molecule has 6 nitrogen and oxygen atoms in total. The van der Waals surface area contributed by atoms with Crippen LogP contribution in [0.2, 0.25) is 5.02 Å². The Bertz CT molecular complexity index is 593. The van der Waals surface area contributed by atoms with E-state index in [9.17, 15) is 12.6 Å². The van der Waals surface area contributed by atoms with Crippen molar-refractivity contribution in [3.05, 3.63) is 17.3 Å². The molecular weight excluding hydrogens is 322 g/mol. The van der Waals surface area contributed by atoms with Gasteiger partial charge in [-0.2, -0.15) is 0 Å². The van der Waals surface area contributed by atoms with Crippen LogP contribution in [0.1, 0.15) is 13.8 Å². The number of pyridine rings is 1. The molecule has 1 heterocycles. The van der Waals surface area contributed by atoms with Crippen LogP contribution in [-0.2, 0) is 20.8 Å². The SMILES string of the molecule is CCNc1ncc(S(=O)(=O)NC(C)CS(C)=O)cc1Cl. The highest BCUT2D eigenvalue weighted by molar-refractivity contribution is 7.89. The van der Waals surface area contributed by atoms with Crippen LogP contribution in [0, 0.1) is 0 Å². The average molecular weight is 340 g/mol. The second-order valence-corrected chi connectivity index (χ2v) is 7.89. The summed E-state index contributed by atoms with van der Waals surface area (Å²) in [7, 11) is -4.79. The van der Waals surface area contributed by atoms with Gasteiger partial charge < -0.3 is 5.32 Å². The summed E-state index contributed by atoms with van der Waals surface area (Å²) in [6.07, 6.45) is 2.76. The molecule has 0 aliphatic rings. The summed E-state index contributed by atoms with van der Waals surface area (Å²) in [5.41, 5.74) is 0. The highest BCUT2D eigenvalue weighted by Crippen LogP contribution is 2.22. The average Bonchev–Trinajstić information content (AvgIpc) is 2.29. The van der Waals surface area contributed by atoms with Crippen LogP contribution in [0.4, 0.5) is 5.82 Å². The van der Waals surface area contributed by atoms with Gasteiger partial charge in [0.2, 0.25) is 10.0 Å². The van der Waals surface area contributed by atoms with E-state index in [1.165, 1.54) is 18.5 Å². The molecule has 0 amide bonds. The molecule has 1 rings (SSSR count). The largest absolute Gasteiger partial charge is 0.369 e. The van der Waals surface area contributed by atoms with Crippen molar-refractivity contribution in [1.82, 2.24) is 9.71 Å². The predicted octanol–water partition coefficient (Wildman–Crippen LogP) is 1.21. The first-order valence-electron chi connectivity index (χ1n) is 5.98. The topological polar surface area (TPSA) is 88.2 Å². The van der Waals surface area contributed by atoms with Crippen molar-refractivity contribution in [3.8, 4) is 0 Å². The molecule has 0 bridgehead atoms. The Hall–Kier alpha value is -0.700. The van der Waals surface area contributed by atoms with Gasteiger partial charge in [-0.3, -0.25) is 4.21 Å². The number of nitrogens with zero attached hydrogens (tertiary/aromatic N) is 1. The number of hydrogen-bond acceptors (Lipinski definition) is 5. The van der Waals surface area contributed by atoms with Crippen molar-refractivity contribution in [2.45, 2.75) is 24.8 Å². The van der Waals surface area contributed by atoms with Crippen LogP contribution in [-0.4, -0.2) is 42.2 Å². The van der Waals surface area contributed by atoms with Crippen molar-refractivity contribution >= 4 is 38.2 Å². The number of halogens is 1. The standard InChI is InChI=1S/C11H18ClN3O3S2/c1-4-13-11-10(12)5-9(6-14-11)20(17,18)15-8(2)7-19(3)16/h5-6,8,15H,4,7H2,1-3H3,(H,13,14). The van der Waals surface area contributed by atoms with Gasteiger partial charge in [-0.1, -0.05) is 11.6 Å². The Kier molecular flexibility index (Phi) is 6.38. The molecule has 0 radical (unpaired) electrons. The van der Waals surface area contributed by atoms with E-state index in [1.807, 2.05) is 6.92 Å². The minimum absolute atomic E-state index is 0.0158. The number of nitrogens with one attached hydrogen (secondary N) is 2. The molecule has 0 fully saturated rings. The zero-order valence-corrected chi connectivity index (χ0v) is 13.9. The summed E-state index contributed by atoms with van der Waals surface area (Å²) in [4.78, 5) is 3.96. The third-order valence-corrected chi connectivity index (χ3v) is 5.13. The fourth-order valence-electron chi connectivity index (χ4n) is 1.58. The van der Waals surface area contributed by atoms with Gasteiger partial charge in [-0.15, -0.1) is 0 Å². The molecule has 1 aromatic rings. The molecule has 9 heteroatoms. The quantitative estimate of drug-likeness (QED) is 0.779. The third kappa shape index (κ3) is 5.01. The van der Waals surface area contributed by atoms with Crippen molar-refractivity contribution < 1.29 is 12.6 Å². The van der Waals surface area contributed by atoms with Gasteiger partial charge >= 0.3 is 0 Å². The summed E-state index contributed by atoms with van der Waals surface area (Å²) in [5, 5.41) is 3.16. The molecule has 0 saturated carbocycles. The molecule has 114 valence electrons. The van der Waals surface area contributed by atoms with E-state index in [4.69, 9.17) is 11.6 Å². The van der Waals surface area contributed by atoms with Gasteiger partial charge in [0.05, 0.1) is 5.02 Å². The number of sulfonamides is 1. The minimum atomic E-state index is -3.72. The van der Waals surface area contributed by atoms with E-state index in [-0.39, 0.29) is 15.7 Å². The van der Waals surface area contributed by atoms with Crippen LogP contribution >= 0.6 is 11.6 Å². The zero-order valence-electron chi connectivity index (χ0n) is 11.5. The van der Waals surface area contributed by atoms with Crippen LogP contribution in [0.15, 0.2) is 17.2 Å². The lowest BCUT2D eigenvalue weighted by atomic mass is 10.4. The smallest absolute Gasteiger partial charge is 0.242 e. The zero-order chi connectivity index (χ0) is 15.3. The van der Waals surface area contributed by atoms with Crippen molar-refractivity contribution in [2.75, 3.05) is 23.9 Å². The maximum Gasteiger partial charge on any atom is 0.242 e. The van der Waals surface area contributed by atoms with Gasteiger partial charge in [-0.25, -0.2) is 18.1 Å². The van der Waals surface area contributed by atoms with Crippen LogP contribution in [0.25, 0.3) is 0 Å². The summed E-state index contributed by atoms with van der Waals surface area (Å²) in [6.45, 7) is 4.17. The van der Waals surface area contributed by atoms with Gasteiger partial charge in [0.15, 0.2) is 0 Å². The molecule has 1 aromatic heterocycles. The first kappa shape index (κ1) is 17.4. The van der Waals surface area contributed by atoms with Crippen molar-refractivity contribution in [3.63, 3.8) is 0 Å². The molecule has 0 aromatic carbocycles. The summed E-state index contributed by atoms with van der Waals surface area (Å²) >= 11 is 5.97. The molecule has 2 atom stereocenters. The summed E-state index contributed by atoms with van der Waals surface area (Å²) in [5.74, 6) is 0.686. The molecular formula is C11H18ClN3O3S2. The third-order valence-electron chi connectivity index (χ3n) is 2.31. The van der Waals surface area contributed by atoms with E-state index in [1.54, 1.807) is 6.92 Å². The van der Waals surface area contributed by atoms with Crippen molar-refractivity contribution in [2.24, 2.45) is 0 Å². The van der Waals surface area contributed by atoms with Gasteiger partial charge in [-0.05, 0) is 19.9 Å². The Labute approximate surface area is 126 Å². The first-order chi connectivity index (χ1) is 9.26. The van der Waals surface area contributed by atoms with Gasteiger partial charge in [0, 0.05) is 41.6 Å².